The molecular weight excluding hydrogens is 380 g/mol. The highest BCUT2D eigenvalue weighted by Crippen LogP contribution is 2.40. The Labute approximate surface area is 191 Å². The van der Waals surface area contributed by atoms with E-state index in [0.29, 0.717) is 11.0 Å². The first-order chi connectivity index (χ1) is 17.3. The Kier molecular flexibility index (Phi) is 3.13. The maximum atomic E-state index is 8.00. The molecule has 2 aromatic carbocycles. The molecule has 31 heavy (non-hydrogen) atoms. The topological polar surface area (TPSA) is 29.9 Å². The number of aromatic nitrogens is 2. The molecule has 0 radical (unpaired) electrons. The van der Waals surface area contributed by atoms with Gasteiger partial charge < -0.3 is 4.42 Å². The molecule has 0 atom stereocenters. The molecule has 3 aromatic heterocycles. The molecule has 3 nitrogen and oxygen atoms in total. The average Bonchev–Trinajstić information content (AvgIpc) is 3.20. The monoisotopic (exact) mass is 413 g/mol. The maximum absolute atomic E-state index is 8.00. The van der Waals surface area contributed by atoms with Crippen molar-refractivity contribution in [3.05, 3.63) is 84.2 Å². The van der Waals surface area contributed by atoms with Crippen molar-refractivity contribution in [2.75, 3.05) is 0 Å². The van der Waals surface area contributed by atoms with Crippen molar-refractivity contribution in [2.45, 2.75) is 33.0 Å². The van der Waals surface area contributed by atoms with Crippen LogP contribution in [-0.4, -0.2) is 4.98 Å². The van der Waals surface area contributed by atoms with E-state index in [4.69, 9.17) is 12.6 Å². The summed E-state index contributed by atoms with van der Waals surface area (Å²) in [6.45, 7) is -2.36. The summed E-state index contributed by atoms with van der Waals surface area (Å²) in [7, 11) is 1.98. The van der Waals surface area contributed by atoms with Gasteiger partial charge in [0.2, 0.25) is 11.4 Å². The molecule has 0 saturated heterocycles. The van der Waals surface area contributed by atoms with Gasteiger partial charge in [-0.15, -0.1) is 0 Å². The van der Waals surface area contributed by atoms with Crippen LogP contribution >= 0.6 is 0 Å². The van der Waals surface area contributed by atoms with Gasteiger partial charge in [0, 0.05) is 36.2 Å². The van der Waals surface area contributed by atoms with Gasteiger partial charge in [0.25, 0.3) is 0 Å². The van der Waals surface area contributed by atoms with Crippen LogP contribution in [-0.2, 0) is 12.5 Å². The predicted molar refractivity (Wildman–Crippen MR) is 127 cm³/mol. The molecule has 0 unspecified atom stereocenters. The van der Waals surface area contributed by atoms with E-state index in [9.17, 15) is 0 Å². The third kappa shape index (κ3) is 3.21. The first-order valence-corrected chi connectivity index (χ1v) is 10.2. The summed E-state index contributed by atoms with van der Waals surface area (Å²) < 4.78 is 56.4. The van der Waals surface area contributed by atoms with E-state index >= 15 is 0 Å². The Morgan fingerprint density at radius 1 is 0.935 bits per heavy atom. The van der Waals surface area contributed by atoms with Gasteiger partial charge in [0.15, 0.2) is 11.8 Å². The second-order valence-electron chi connectivity index (χ2n) is 8.16. The molecule has 5 rings (SSSR count). The van der Waals surface area contributed by atoms with Crippen molar-refractivity contribution in [1.29, 1.82) is 0 Å². The van der Waals surface area contributed by atoms with Crippen LogP contribution in [0.1, 0.15) is 40.1 Å². The smallest absolute Gasteiger partial charge is 0.227 e. The van der Waals surface area contributed by atoms with Crippen molar-refractivity contribution >= 4 is 22.1 Å². The number of nitrogens with zero attached hydrogens (tertiary/aromatic N) is 2. The van der Waals surface area contributed by atoms with Crippen molar-refractivity contribution in [3.63, 3.8) is 0 Å². The molecule has 0 amide bonds. The van der Waals surface area contributed by atoms with Crippen LogP contribution in [0.25, 0.3) is 44.5 Å². The summed E-state index contributed by atoms with van der Waals surface area (Å²) >= 11 is 0. The van der Waals surface area contributed by atoms with Crippen LogP contribution in [0, 0.1) is 6.92 Å². The lowest BCUT2D eigenvalue weighted by Gasteiger charge is -2.16. The Morgan fingerprint density at radius 3 is 2.48 bits per heavy atom. The molecule has 154 valence electrons. The Balaban J connectivity index is 1.81. The van der Waals surface area contributed by atoms with Crippen LogP contribution in [0.3, 0.4) is 0 Å². The molecule has 0 saturated carbocycles. The number of furan rings is 1. The SMILES string of the molecule is [2H]C([2H])([2H])C(C)(c1ccc2c(n1)oc1c(-c3c(-c4ccccc4)ccc[n+]3C)c(C)ccc12)C([2H])([2H])[2H]. The lowest BCUT2D eigenvalue weighted by atomic mass is 9.91. The van der Waals surface area contributed by atoms with Gasteiger partial charge in [-0.05, 0) is 36.2 Å². The van der Waals surface area contributed by atoms with Crippen molar-refractivity contribution in [2.24, 2.45) is 7.05 Å². The molecule has 0 bridgehead atoms. The highest BCUT2D eigenvalue weighted by molar-refractivity contribution is 6.09. The van der Waals surface area contributed by atoms with E-state index in [1.807, 2.05) is 56.6 Å². The average molecular weight is 414 g/mol. The minimum atomic E-state index is -2.80. The number of hydrogen-bond donors (Lipinski definition) is 0. The van der Waals surface area contributed by atoms with Gasteiger partial charge in [-0.25, -0.2) is 9.55 Å². The summed E-state index contributed by atoms with van der Waals surface area (Å²) in [4.78, 5) is 4.49. The largest absolute Gasteiger partial charge is 0.437 e. The quantitative estimate of drug-likeness (QED) is 0.300. The molecule has 0 aliphatic heterocycles. The van der Waals surface area contributed by atoms with Crippen molar-refractivity contribution in [3.8, 4) is 22.4 Å². The lowest BCUT2D eigenvalue weighted by Crippen LogP contribution is -2.31. The van der Waals surface area contributed by atoms with E-state index in [0.717, 1.165) is 33.3 Å². The van der Waals surface area contributed by atoms with E-state index in [-0.39, 0.29) is 11.4 Å². The molecule has 0 aliphatic rings. The molecule has 3 heteroatoms. The standard InChI is InChI=1S/C28H27N2O/c1-18-13-14-21-22-15-16-23(28(2,3)4)29-27(22)31-26(21)24(18)25-20(12-9-17-30(25)5)19-10-7-6-8-11-19/h6-17H,1-5H3/q+1/i2D3,3D3. The number of benzene rings is 2. The van der Waals surface area contributed by atoms with Crippen LogP contribution in [0.2, 0.25) is 0 Å². The molecule has 0 aliphatic carbocycles. The first kappa shape index (κ1) is 13.8. The minimum absolute atomic E-state index is 0.0485. The fraction of sp³-hybridized carbons (Fsp3) is 0.214. The number of fused-ring (bicyclic) bond motifs is 3. The molecule has 0 N–H and O–H groups in total. The number of pyridine rings is 2. The fourth-order valence-corrected chi connectivity index (χ4v) is 4.17. The summed E-state index contributed by atoms with van der Waals surface area (Å²) in [5.41, 5.74) is 3.58. The zero-order valence-electron chi connectivity index (χ0n) is 23.7. The second-order valence-corrected chi connectivity index (χ2v) is 8.16. The molecule has 3 heterocycles. The Hall–Kier alpha value is -3.46. The van der Waals surface area contributed by atoms with Crippen LogP contribution < -0.4 is 4.57 Å². The lowest BCUT2D eigenvalue weighted by molar-refractivity contribution is -0.659. The van der Waals surface area contributed by atoms with Gasteiger partial charge in [0.05, 0.1) is 11.1 Å². The van der Waals surface area contributed by atoms with Crippen molar-refractivity contribution in [1.82, 2.24) is 4.98 Å². The third-order valence-corrected chi connectivity index (χ3v) is 5.73. The summed E-state index contributed by atoms with van der Waals surface area (Å²) in [5, 5.41) is 1.51. The second kappa shape index (κ2) is 7.05. The zero-order chi connectivity index (χ0) is 26.8. The van der Waals surface area contributed by atoms with Gasteiger partial charge in [-0.3, -0.25) is 0 Å². The Bertz CT molecular complexity index is 1620. The normalized spacial score (nSPS) is 15.7. The van der Waals surface area contributed by atoms with Gasteiger partial charge in [-0.1, -0.05) is 63.1 Å². The number of rotatable bonds is 2. The fourth-order valence-electron chi connectivity index (χ4n) is 4.17. The Morgan fingerprint density at radius 2 is 1.71 bits per heavy atom. The summed E-state index contributed by atoms with van der Waals surface area (Å²) in [6, 6.07) is 21.4. The van der Waals surface area contributed by atoms with E-state index in [2.05, 4.69) is 27.8 Å². The molecule has 0 spiro atoms. The highest BCUT2D eigenvalue weighted by Gasteiger charge is 2.25. The molecular formula is C28H27N2O+. The van der Waals surface area contributed by atoms with Gasteiger partial charge in [-0.2, -0.15) is 0 Å². The first-order valence-electron chi connectivity index (χ1n) is 13.2. The molecule has 5 aromatic rings. The number of aryl methyl sites for hydroxylation is 2. The van der Waals surface area contributed by atoms with Crippen molar-refractivity contribution < 1.29 is 17.2 Å². The number of hydrogen-bond acceptors (Lipinski definition) is 2. The third-order valence-electron chi connectivity index (χ3n) is 5.73. The van der Waals surface area contributed by atoms with E-state index in [1.54, 1.807) is 6.07 Å². The predicted octanol–water partition coefficient (Wildman–Crippen LogP) is 6.75. The summed E-state index contributed by atoms with van der Waals surface area (Å²) in [6.07, 6.45) is 1.98. The van der Waals surface area contributed by atoms with Crippen LogP contribution in [0.15, 0.2) is 77.3 Å². The van der Waals surface area contributed by atoms with E-state index in [1.165, 1.54) is 13.0 Å². The molecule has 0 fully saturated rings. The minimum Gasteiger partial charge on any atom is -0.437 e. The summed E-state index contributed by atoms with van der Waals surface area (Å²) in [5.74, 6) is 0. The van der Waals surface area contributed by atoms with Crippen LogP contribution in [0.4, 0.5) is 0 Å². The highest BCUT2D eigenvalue weighted by atomic mass is 16.3. The van der Waals surface area contributed by atoms with E-state index < -0.39 is 19.1 Å². The van der Waals surface area contributed by atoms with Gasteiger partial charge >= 0.3 is 0 Å². The van der Waals surface area contributed by atoms with Gasteiger partial charge in [0.1, 0.15) is 7.05 Å². The maximum Gasteiger partial charge on any atom is 0.227 e. The van der Waals surface area contributed by atoms with Crippen LogP contribution in [0.5, 0.6) is 0 Å². The zero-order valence-corrected chi connectivity index (χ0v) is 17.7.